The molecular weight excluding hydrogens is 875 g/mol. The monoisotopic (exact) mass is 919 g/mol. The topological polar surface area (TPSA) is 29.5 Å². The summed E-state index contributed by atoms with van der Waals surface area (Å²) >= 11 is 0. The Hall–Kier alpha value is -9.18. The van der Waals surface area contributed by atoms with E-state index in [9.17, 15) is 0 Å². The summed E-state index contributed by atoms with van der Waals surface area (Å²) in [6.07, 6.45) is 0. The smallest absolute Gasteiger partial charge is 0.143 e. The van der Waals surface area contributed by atoms with Crippen LogP contribution in [0.1, 0.15) is 45.9 Å². The van der Waals surface area contributed by atoms with Crippen LogP contribution in [0, 0.1) is 0 Å². The van der Waals surface area contributed by atoms with Crippen molar-refractivity contribution in [1.82, 2.24) is 0 Å². The molecule has 0 spiro atoms. The molecular formula is C69H45NO2. The Bertz CT molecular complexity index is 4210. The molecule has 0 saturated heterocycles. The fourth-order valence-corrected chi connectivity index (χ4v) is 12.8. The number of hydrogen-bond donors (Lipinski definition) is 0. The Morgan fingerprint density at radius 2 is 0.778 bits per heavy atom. The third-order valence-electron chi connectivity index (χ3n) is 16.0. The molecule has 0 saturated carbocycles. The van der Waals surface area contributed by atoms with Crippen molar-refractivity contribution in [2.24, 2.45) is 0 Å². The number of rotatable bonds is 7. The van der Waals surface area contributed by atoms with Crippen molar-refractivity contribution in [1.29, 1.82) is 0 Å². The first-order valence-electron chi connectivity index (χ1n) is 24.9. The summed E-state index contributed by atoms with van der Waals surface area (Å²) in [6, 6.07) is 93.0. The van der Waals surface area contributed by atoms with E-state index in [0.29, 0.717) is 0 Å². The molecule has 72 heavy (non-hydrogen) atoms. The molecule has 0 atom stereocenters. The van der Waals surface area contributed by atoms with E-state index in [0.717, 1.165) is 72.1 Å². The highest BCUT2D eigenvalue weighted by Crippen LogP contribution is 2.58. The quantitative estimate of drug-likeness (QED) is 0.160. The summed E-state index contributed by atoms with van der Waals surface area (Å²) in [7, 11) is 0. The van der Waals surface area contributed by atoms with Crippen molar-refractivity contribution in [2.45, 2.75) is 17.8 Å². The van der Waals surface area contributed by atoms with Crippen LogP contribution in [0.2, 0.25) is 0 Å². The van der Waals surface area contributed by atoms with Crippen LogP contribution in [0.4, 0.5) is 17.1 Å². The maximum atomic E-state index is 7.05. The second-order valence-electron chi connectivity index (χ2n) is 19.6. The molecule has 0 bridgehead atoms. The number of anilines is 3. The number of para-hydroxylation sites is 3. The van der Waals surface area contributed by atoms with Gasteiger partial charge in [-0.3, -0.25) is 0 Å². The van der Waals surface area contributed by atoms with Crippen LogP contribution in [0.15, 0.2) is 264 Å². The molecule has 0 radical (unpaired) electrons. The van der Waals surface area contributed by atoms with Crippen LogP contribution in [0.5, 0.6) is 0 Å². The molecule has 13 aromatic rings. The number of nitrogens with zero attached hydrogens (tertiary/aromatic N) is 1. The second-order valence-corrected chi connectivity index (χ2v) is 19.6. The molecule has 3 nitrogen and oxygen atoms in total. The van der Waals surface area contributed by atoms with E-state index in [4.69, 9.17) is 8.83 Å². The lowest BCUT2D eigenvalue weighted by atomic mass is 9.67. The van der Waals surface area contributed by atoms with Crippen molar-refractivity contribution in [3.8, 4) is 33.4 Å². The van der Waals surface area contributed by atoms with Gasteiger partial charge in [0.1, 0.15) is 22.3 Å². The first-order valence-corrected chi connectivity index (χ1v) is 24.9. The van der Waals surface area contributed by atoms with E-state index in [2.05, 4.69) is 254 Å². The summed E-state index contributed by atoms with van der Waals surface area (Å²) in [5, 5.41) is 4.41. The first-order chi connectivity index (χ1) is 35.6. The molecule has 3 heteroatoms. The standard InChI is InChI=1S/C69H45NO2/c1-68(59-29-12-8-22-51(59)52-23-9-13-30-60(52)68)62-32-17-28-57-58-42-48(39-41-65(58)72-67(57)62)70(47-36-34-44(35-37-47)50-26-16-27-56-55-25-11-15-33-64(55)71-66(50)56)49-38-40-54-53-24-10-14-31-61(53)69(63(54)43-49,45-18-4-2-5-19-45)46-20-6-3-7-21-46/h2-43H,1H3. The van der Waals surface area contributed by atoms with Crippen LogP contribution in [0.25, 0.3) is 77.3 Å². The summed E-state index contributed by atoms with van der Waals surface area (Å²) in [4.78, 5) is 2.42. The highest BCUT2D eigenvalue weighted by molar-refractivity contribution is 6.10. The maximum Gasteiger partial charge on any atom is 0.143 e. The van der Waals surface area contributed by atoms with Crippen molar-refractivity contribution < 1.29 is 8.83 Å². The van der Waals surface area contributed by atoms with Gasteiger partial charge in [-0.15, -0.1) is 0 Å². The minimum absolute atomic E-state index is 0.407. The lowest BCUT2D eigenvalue weighted by Gasteiger charge is -2.35. The van der Waals surface area contributed by atoms with Crippen molar-refractivity contribution >= 4 is 60.9 Å². The molecule has 0 unspecified atom stereocenters. The molecule has 338 valence electrons. The predicted molar refractivity (Wildman–Crippen MR) is 296 cm³/mol. The molecule has 0 aliphatic heterocycles. The van der Waals surface area contributed by atoms with Crippen molar-refractivity contribution in [3.63, 3.8) is 0 Å². The van der Waals surface area contributed by atoms with Crippen LogP contribution >= 0.6 is 0 Å². The third-order valence-corrected chi connectivity index (χ3v) is 16.0. The Kier molecular flexibility index (Phi) is 8.71. The van der Waals surface area contributed by atoms with Crippen LogP contribution in [-0.4, -0.2) is 0 Å². The van der Waals surface area contributed by atoms with Gasteiger partial charge >= 0.3 is 0 Å². The van der Waals surface area contributed by atoms with Crippen LogP contribution < -0.4 is 4.90 Å². The van der Waals surface area contributed by atoms with Gasteiger partial charge in [0.2, 0.25) is 0 Å². The van der Waals surface area contributed by atoms with Crippen molar-refractivity contribution in [2.75, 3.05) is 4.90 Å². The van der Waals surface area contributed by atoms with E-state index < -0.39 is 10.8 Å². The summed E-state index contributed by atoms with van der Waals surface area (Å²) in [5.74, 6) is 0. The van der Waals surface area contributed by atoms with Gasteiger partial charge < -0.3 is 13.7 Å². The molecule has 11 aromatic carbocycles. The van der Waals surface area contributed by atoms with Gasteiger partial charge in [0.15, 0.2) is 0 Å². The zero-order valence-electron chi connectivity index (χ0n) is 39.5. The van der Waals surface area contributed by atoms with Gasteiger partial charge in [-0.25, -0.2) is 0 Å². The van der Waals surface area contributed by atoms with Crippen LogP contribution in [-0.2, 0) is 10.8 Å². The number of benzene rings is 11. The Morgan fingerprint density at radius 1 is 0.306 bits per heavy atom. The fraction of sp³-hybridized carbons (Fsp3) is 0.0435. The predicted octanol–water partition coefficient (Wildman–Crippen LogP) is 18.3. The zero-order valence-corrected chi connectivity index (χ0v) is 39.5. The highest BCUT2D eigenvalue weighted by atomic mass is 16.3. The molecule has 0 N–H and O–H groups in total. The van der Waals surface area contributed by atoms with E-state index in [-0.39, 0.29) is 0 Å². The fourth-order valence-electron chi connectivity index (χ4n) is 12.8. The van der Waals surface area contributed by atoms with E-state index in [1.807, 2.05) is 12.1 Å². The lowest BCUT2D eigenvalue weighted by Crippen LogP contribution is -2.28. The Labute approximate surface area is 417 Å². The third kappa shape index (κ3) is 5.62. The minimum atomic E-state index is -0.556. The van der Waals surface area contributed by atoms with Gasteiger partial charge in [0.05, 0.1) is 5.41 Å². The molecule has 15 rings (SSSR count). The molecule has 2 aromatic heterocycles. The molecule has 2 aliphatic rings. The van der Waals surface area contributed by atoms with Gasteiger partial charge in [-0.2, -0.15) is 0 Å². The SMILES string of the molecule is CC1(c2cccc3c2oc2ccc(N(c4ccc(-c5cccc6c5oc5ccccc56)cc4)c4ccc5c(c4)C(c4ccccc4)(c4ccccc4)c4ccccc4-5)cc23)c2ccccc2-c2ccccc21. The first kappa shape index (κ1) is 40.7. The van der Waals surface area contributed by atoms with Gasteiger partial charge in [0.25, 0.3) is 0 Å². The largest absolute Gasteiger partial charge is 0.456 e. The summed E-state index contributed by atoms with van der Waals surface area (Å²) in [6.45, 7) is 2.36. The number of hydrogen-bond acceptors (Lipinski definition) is 3. The van der Waals surface area contributed by atoms with Crippen molar-refractivity contribution in [3.05, 3.63) is 294 Å². The highest BCUT2D eigenvalue weighted by Gasteiger charge is 2.47. The zero-order chi connectivity index (χ0) is 47.5. The number of fused-ring (bicyclic) bond motifs is 12. The lowest BCUT2D eigenvalue weighted by molar-refractivity contribution is 0.638. The van der Waals surface area contributed by atoms with Crippen LogP contribution in [0.3, 0.4) is 0 Å². The van der Waals surface area contributed by atoms with E-state index >= 15 is 0 Å². The van der Waals surface area contributed by atoms with Gasteiger partial charge in [-0.1, -0.05) is 206 Å². The molecule has 2 aliphatic carbocycles. The molecule has 0 fully saturated rings. The van der Waals surface area contributed by atoms with E-state index in [1.165, 1.54) is 61.2 Å². The minimum Gasteiger partial charge on any atom is -0.456 e. The van der Waals surface area contributed by atoms with Gasteiger partial charge in [-0.05, 0) is 117 Å². The Balaban J connectivity index is 0.943. The average Bonchev–Trinajstić information content (AvgIpc) is 4.18. The normalized spacial score (nSPS) is 13.8. The average molecular weight is 920 g/mol. The Morgan fingerprint density at radius 3 is 1.49 bits per heavy atom. The second kappa shape index (κ2) is 15.4. The maximum absolute atomic E-state index is 7.05. The van der Waals surface area contributed by atoms with Gasteiger partial charge in [0, 0.05) is 55.1 Å². The van der Waals surface area contributed by atoms with E-state index in [1.54, 1.807) is 0 Å². The summed E-state index contributed by atoms with van der Waals surface area (Å²) in [5.41, 5.74) is 21.7. The number of furan rings is 2. The molecule has 0 amide bonds. The molecule has 2 heterocycles. The summed E-state index contributed by atoms with van der Waals surface area (Å²) < 4.78 is 13.6.